The highest BCUT2D eigenvalue weighted by Gasteiger charge is 2.56. The normalized spacial score (nSPS) is 20.3. The third-order valence-electron chi connectivity index (χ3n) is 6.20. The van der Waals surface area contributed by atoms with E-state index in [1.54, 1.807) is 21.1 Å². The molecule has 1 aliphatic carbocycles. The summed E-state index contributed by atoms with van der Waals surface area (Å²) in [6.45, 7) is 1.40. The van der Waals surface area contributed by atoms with Gasteiger partial charge in [-0.05, 0) is 61.1 Å². The molecule has 0 unspecified atom stereocenters. The van der Waals surface area contributed by atoms with E-state index in [9.17, 15) is 14.4 Å². The third-order valence-corrected chi connectivity index (χ3v) is 6.20. The predicted molar refractivity (Wildman–Crippen MR) is 117 cm³/mol. The van der Waals surface area contributed by atoms with E-state index in [1.165, 1.54) is 0 Å². The van der Waals surface area contributed by atoms with Gasteiger partial charge in [0.2, 0.25) is 5.91 Å². The minimum Gasteiger partial charge on any atom is -0.497 e. The molecule has 2 aromatic rings. The molecule has 2 N–H and O–H groups in total. The molecule has 0 radical (unpaired) electrons. The molecular formula is C24H27N3O5. The summed E-state index contributed by atoms with van der Waals surface area (Å²) < 4.78 is 10.5. The fourth-order valence-corrected chi connectivity index (χ4v) is 4.10. The first-order valence-electron chi connectivity index (χ1n) is 10.6. The van der Waals surface area contributed by atoms with Crippen molar-refractivity contribution in [2.24, 2.45) is 5.92 Å². The van der Waals surface area contributed by atoms with Crippen molar-refractivity contribution in [1.82, 2.24) is 15.5 Å². The molecule has 1 aliphatic heterocycles. The van der Waals surface area contributed by atoms with Crippen LogP contribution in [0.15, 0.2) is 48.5 Å². The Morgan fingerprint density at radius 3 is 1.97 bits per heavy atom. The second-order valence-electron chi connectivity index (χ2n) is 8.34. The summed E-state index contributed by atoms with van der Waals surface area (Å²) in [5, 5.41) is 5.74. The molecule has 1 heterocycles. The highest BCUT2D eigenvalue weighted by Crippen LogP contribution is 2.42. The van der Waals surface area contributed by atoms with Crippen molar-refractivity contribution >= 4 is 17.8 Å². The van der Waals surface area contributed by atoms with Crippen LogP contribution in [0.3, 0.4) is 0 Å². The Balaban J connectivity index is 1.54. The van der Waals surface area contributed by atoms with Gasteiger partial charge in [-0.2, -0.15) is 0 Å². The number of amides is 4. The van der Waals surface area contributed by atoms with Crippen molar-refractivity contribution in [3.05, 3.63) is 59.7 Å². The van der Waals surface area contributed by atoms with Crippen LogP contribution in [0.5, 0.6) is 11.5 Å². The van der Waals surface area contributed by atoms with Gasteiger partial charge in [-0.3, -0.25) is 14.5 Å². The van der Waals surface area contributed by atoms with Crippen LogP contribution in [0.4, 0.5) is 4.79 Å². The van der Waals surface area contributed by atoms with Crippen LogP contribution in [0.25, 0.3) is 0 Å². The number of nitrogens with zero attached hydrogens (tertiary/aromatic N) is 1. The molecule has 1 saturated carbocycles. The van der Waals surface area contributed by atoms with Crippen LogP contribution >= 0.6 is 0 Å². The molecule has 4 amide bonds. The number of hydrogen-bond donors (Lipinski definition) is 2. The Bertz CT molecular complexity index is 969. The van der Waals surface area contributed by atoms with E-state index >= 15 is 0 Å². The first kappa shape index (κ1) is 21.7. The standard InChI is InChI=1S/C24H27N3O5/c1-24(17-8-9-17)22(29)27(23(30)26-24)14-20(28)25-21(15-4-10-18(31-2)11-5-15)16-6-12-19(32-3)13-7-16/h4-7,10-13,17,21H,8-9,14H2,1-3H3,(H,25,28)(H,26,30)/t24-/m0/s1. The molecule has 2 aromatic carbocycles. The highest BCUT2D eigenvalue weighted by atomic mass is 16.5. The molecule has 2 aliphatic rings. The zero-order valence-electron chi connectivity index (χ0n) is 18.4. The maximum atomic E-state index is 13.0. The van der Waals surface area contributed by atoms with E-state index in [-0.39, 0.29) is 18.4 Å². The molecule has 4 rings (SSSR count). The second-order valence-corrected chi connectivity index (χ2v) is 8.34. The SMILES string of the molecule is COc1ccc(C(NC(=O)CN2C(=O)N[C@@](C)(C3CC3)C2=O)c2ccc(OC)cc2)cc1. The Morgan fingerprint density at radius 2 is 1.53 bits per heavy atom. The van der Waals surface area contributed by atoms with Crippen molar-refractivity contribution in [3.8, 4) is 11.5 Å². The van der Waals surface area contributed by atoms with Gasteiger partial charge >= 0.3 is 6.03 Å². The molecule has 0 aromatic heterocycles. The van der Waals surface area contributed by atoms with Crippen LogP contribution < -0.4 is 20.1 Å². The van der Waals surface area contributed by atoms with Gasteiger partial charge in [-0.1, -0.05) is 24.3 Å². The number of benzene rings is 2. The van der Waals surface area contributed by atoms with E-state index in [4.69, 9.17) is 9.47 Å². The van der Waals surface area contributed by atoms with Crippen molar-refractivity contribution in [2.45, 2.75) is 31.3 Å². The minimum atomic E-state index is -0.914. The monoisotopic (exact) mass is 437 g/mol. The second kappa shape index (κ2) is 8.53. The Hall–Kier alpha value is -3.55. The Labute approximate surface area is 186 Å². The lowest BCUT2D eigenvalue weighted by Gasteiger charge is -2.23. The van der Waals surface area contributed by atoms with E-state index in [1.807, 2.05) is 48.5 Å². The summed E-state index contributed by atoms with van der Waals surface area (Å²) in [6.07, 6.45) is 1.80. The summed E-state index contributed by atoms with van der Waals surface area (Å²) >= 11 is 0. The number of ether oxygens (including phenoxy) is 2. The number of urea groups is 1. The number of carbonyl (C=O) groups excluding carboxylic acids is 3. The molecule has 0 spiro atoms. The van der Waals surface area contributed by atoms with Gasteiger partial charge in [0.1, 0.15) is 23.6 Å². The van der Waals surface area contributed by atoms with Crippen LogP contribution in [0.1, 0.15) is 36.9 Å². The van der Waals surface area contributed by atoms with Crippen molar-refractivity contribution in [1.29, 1.82) is 0 Å². The predicted octanol–water partition coefficient (Wildman–Crippen LogP) is 2.63. The fourth-order valence-electron chi connectivity index (χ4n) is 4.10. The molecular weight excluding hydrogens is 410 g/mol. The summed E-state index contributed by atoms with van der Waals surface area (Å²) in [5.74, 6) is 0.772. The topological polar surface area (TPSA) is 97.0 Å². The molecule has 8 nitrogen and oxygen atoms in total. The fraction of sp³-hybridized carbons (Fsp3) is 0.375. The number of nitrogens with one attached hydrogen (secondary N) is 2. The third kappa shape index (κ3) is 4.12. The molecule has 8 heteroatoms. The highest BCUT2D eigenvalue weighted by molar-refractivity contribution is 6.09. The molecule has 168 valence electrons. The first-order chi connectivity index (χ1) is 15.4. The van der Waals surface area contributed by atoms with Crippen LogP contribution in [-0.4, -0.2) is 49.0 Å². The van der Waals surface area contributed by atoms with Gasteiger partial charge in [0.15, 0.2) is 0 Å². The van der Waals surface area contributed by atoms with Gasteiger partial charge in [-0.15, -0.1) is 0 Å². The van der Waals surface area contributed by atoms with Gasteiger partial charge in [0.05, 0.1) is 20.3 Å². The number of rotatable bonds is 8. The summed E-state index contributed by atoms with van der Waals surface area (Å²) in [6, 6.07) is 13.7. The lowest BCUT2D eigenvalue weighted by Crippen LogP contribution is -2.47. The summed E-state index contributed by atoms with van der Waals surface area (Å²) in [4.78, 5) is 39.2. The van der Waals surface area contributed by atoms with Crippen molar-refractivity contribution < 1.29 is 23.9 Å². The molecule has 2 fully saturated rings. The van der Waals surface area contributed by atoms with Crippen molar-refractivity contribution in [3.63, 3.8) is 0 Å². The molecule has 1 saturated heterocycles. The summed E-state index contributed by atoms with van der Waals surface area (Å²) in [5.41, 5.74) is 0.761. The summed E-state index contributed by atoms with van der Waals surface area (Å²) in [7, 11) is 3.18. The Kier molecular flexibility index (Phi) is 5.78. The maximum Gasteiger partial charge on any atom is 0.325 e. The zero-order chi connectivity index (χ0) is 22.9. The number of methoxy groups -OCH3 is 2. The van der Waals surface area contributed by atoms with Gasteiger partial charge < -0.3 is 20.1 Å². The average Bonchev–Trinajstić information content (AvgIpc) is 3.64. The van der Waals surface area contributed by atoms with Gasteiger partial charge in [0.25, 0.3) is 5.91 Å². The van der Waals surface area contributed by atoms with E-state index < -0.39 is 23.5 Å². The van der Waals surface area contributed by atoms with Gasteiger partial charge in [0, 0.05) is 0 Å². The first-order valence-corrected chi connectivity index (χ1v) is 10.6. The largest absolute Gasteiger partial charge is 0.497 e. The zero-order valence-corrected chi connectivity index (χ0v) is 18.4. The smallest absolute Gasteiger partial charge is 0.325 e. The number of imide groups is 1. The van der Waals surface area contributed by atoms with Gasteiger partial charge in [-0.25, -0.2) is 4.79 Å². The maximum absolute atomic E-state index is 13.0. The van der Waals surface area contributed by atoms with Crippen LogP contribution in [0.2, 0.25) is 0 Å². The lowest BCUT2D eigenvalue weighted by atomic mass is 9.96. The molecule has 0 bridgehead atoms. The molecule has 1 atom stereocenters. The van der Waals surface area contributed by atoms with E-state index in [0.717, 1.165) is 28.9 Å². The Morgan fingerprint density at radius 1 is 1.03 bits per heavy atom. The quantitative estimate of drug-likeness (QED) is 0.619. The lowest BCUT2D eigenvalue weighted by molar-refractivity contribution is -0.135. The van der Waals surface area contributed by atoms with Crippen LogP contribution in [0, 0.1) is 5.92 Å². The minimum absolute atomic E-state index is 0.137. The van der Waals surface area contributed by atoms with E-state index in [0.29, 0.717) is 11.5 Å². The number of carbonyl (C=O) groups is 3. The average molecular weight is 437 g/mol. The van der Waals surface area contributed by atoms with E-state index in [2.05, 4.69) is 10.6 Å². The molecule has 32 heavy (non-hydrogen) atoms. The van der Waals surface area contributed by atoms with Crippen LogP contribution in [-0.2, 0) is 9.59 Å². The number of hydrogen-bond acceptors (Lipinski definition) is 5. The van der Waals surface area contributed by atoms with Crippen molar-refractivity contribution in [2.75, 3.05) is 20.8 Å².